The van der Waals surface area contributed by atoms with Gasteiger partial charge in [-0.1, -0.05) is 6.07 Å². The van der Waals surface area contributed by atoms with Gasteiger partial charge in [0.05, 0.1) is 0 Å². The third kappa shape index (κ3) is 1.89. The van der Waals surface area contributed by atoms with E-state index in [1.165, 1.54) is 11.1 Å². The first-order chi connectivity index (χ1) is 10.7. The molecular weight excluding hydrogens is 276 g/mol. The molecule has 2 aromatic rings. The molecule has 2 heterocycles. The number of nitrogens with zero attached hydrogens (tertiary/aromatic N) is 2. The van der Waals surface area contributed by atoms with Gasteiger partial charge >= 0.3 is 0 Å². The van der Waals surface area contributed by atoms with Gasteiger partial charge in [0.25, 0.3) is 5.91 Å². The summed E-state index contributed by atoms with van der Waals surface area (Å²) in [7, 11) is 1.90. The highest BCUT2D eigenvalue weighted by Crippen LogP contribution is 2.37. The van der Waals surface area contributed by atoms with Crippen LogP contribution in [-0.2, 0) is 17.6 Å². The maximum atomic E-state index is 12.5. The quantitative estimate of drug-likeness (QED) is 0.882. The Morgan fingerprint density at radius 2 is 1.91 bits per heavy atom. The Balaban J connectivity index is 1.71. The Bertz CT molecular complexity index is 785. The van der Waals surface area contributed by atoms with Gasteiger partial charge in [-0.25, -0.2) is 0 Å². The standard InChI is InChI=1S/C17H16N4O/c1-18-14-3-2-12-9-17(10-13(12)8-14)16(22)20-15(21-17)11-4-6-19-7-5-11/h2-8,18H,9-10H2,1H3,(H,20,21,22). The summed E-state index contributed by atoms with van der Waals surface area (Å²) in [5.74, 6) is 0.635. The summed E-state index contributed by atoms with van der Waals surface area (Å²) in [5, 5.41) is 6.07. The number of carbonyl (C=O) groups is 1. The van der Waals surface area contributed by atoms with Crippen LogP contribution in [0.2, 0.25) is 0 Å². The van der Waals surface area contributed by atoms with Crippen LogP contribution < -0.4 is 10.6 Å². The molecule has 5 heteroatoms. The second-order valence-electron chi connectivity index (χ2n) is 5.77. The Kier molecular flexibility index (Phi) is 2.76. The molecule has 1 aromatic carbocycles. The van der Waals surface area contributed by atoms with Gasteiger partial charge in [0, 0.05) is 43.5 Å². The van der Waals surface area contributed by atoms with E-state index in [2.05, 4.69) is 27.8 Å². The lowest BCUT2D eigenvalue weighted by atomic mass is 9.97. The summed E-state index contributed by atoms with van der Waals surface area (Å²) in [6.07, 6.45) is 4.72. The molecule has 110 valence electrons. The number of aromatic nitrogens is 1. The SMILES string of the molecule is CNc1ccc2c(c1)CC1(C2)N=C(c2ccncc2)NC1=O. The molecule has 0 saturated heterocycles. The highest BCUT2D eigenvalue weighted by atomic mass is 16.2. The van der Waals surface area contributed by atoms with E-state index in [0.717, 1.165) is 11.3 Å². The lowest BCUT2D eigenvalue weighted by Gasteiger charge is -2.14. The molecule has 1 spiro atoms. The monoisotopic (exact) mass is 292 g/mol. The van der Waals surface area contributed by atoms with Crippen molar-refractivity contribution in [2.75, 3.05) is 12.4 Å². The topological polar surface area (TPSA) is 66.4 Å². The summed E-state index contributed by atoms with van der Waals surface area (Å²) in [6, 6.07) is 9.96. The highest BCUT2D eigenvalue weighted by molar-refractivity contribution is 6.15. The number of amidine groups is 1. The molecule has 1 aliphatic heterocycles. The highest BCUT2D eigenvalue weighted by Gasteiger charge is 2.48. The van der Waals surface area contributed by atoms with Crippen molar-refractivity contribution in [1.29, 1.82) is 0 Å². The van der Waals surface area contributed by atoms with Crippen LogP contribution in [0.15, 0.2) is 47.7 Å². The normalized spacial score (nSPS) is 22.4. The molecule has 22 heavy (non-hydrogen) atoms. The maximum Gasteiger partial charge on any atom is 0.254 e. The van der Waals surface area contributed by atoms with Gasteiger partial charge in [0.15, 0.2) is 0 Å². The first-order valence-electron chi connectivity index (χ1n) is 7.31. The molecule has 1 unspecified atom stereocenters. The first-order valence-corrected chi connectivity index (χ1v) is 7.31. The van der Waals surface area contributed by atoms with Crippen LogP contribution >= 0.6 is 0 Å². The van der Waals surface area contributed by atoms with E-state index in [4.69, 9.17) is 4.99 Å². The molecule has 0 radical (unpaired) electrons. The van der Waals surface area contributed by atoms with Crippen molar-refractivity contribution in [3.8, 4) is 0 Å². The number of hydrogen-bond acceptors (Lipinski definition) is 4. The van der Waals surface area contributed by atoms with Crippen LogP contribution in [0.3, 0.4) is 0 Å². The average molecular weight is 292 g/mol. The fraction of sp³-hybridized carbons (Fsp3) is 0.235. The smallest absolute Gasteiger partial charge is 0.254 e. The number of anilines is 1. The summed E-state index contributed by atoms with van der Waals surface area (Å²) >= 11 is 0. The largest absolute Gasteiger partial charge is 0.388 e. The van der Waals surface area contributed by atoms with Gasteiger partial charge in [-0.3, -0.25) is 14.8 Å². The Morgan fingerprint density at radius 1 is 1.14 bits per heavy atom. The predicted octanol–water partition coefficient (Wildman–Crippen LogP) is 1.54. The molecule has 1 aliphatic carbocycles. The zero-order chi connectivity index (χ0) is 15.2. The van der Waals surface area contributed by atoms with Crippen molar-refractivity contribution in [1.82, 2.24) is 10.3 Å². The summed E-state index contributed by atoms with van der Waals surface area (Å²) in [6.45, 7) is 0. The van der Waals surface area contributed by atoms with Crippen molar-refractivity contribution < 1.29 is 4.79 Å². The fourth-order valence-corrected chi connectivity index (χ4v) is 3.21. The minimum Gasteiger partial charge on any atom is -0.388 e. The van der Waals surface area contributed by atoms with Gasteiger partial charge in [-0.2, -0.15) is 0 Å². The fourth-order valence-electron chi connectivity index (χ4n) is 3.21. The number of rotatable bonds is 2. The van der Waals surface area contributed by atoms with E-state index in [0.29, 0.717) is 18.7 Å². The van der Waals surface area contributed by atoms with Crippen molar-refractivity contribution in [3.05, 3.63) is 59.4 Å². The number of fused-ring (bicyclic) bond motifs is 1. The minimum atomic E-state index is -0.687. The van der Waals surface area contributed by atoms with Crippen LogP contribution in [0.4, 0.5) is 5.69 Å². The number of hydrogen-bond donors (Lipinski definition) is 2. The van der Waals surface area contributed by atoms with Crippen LogP contribution in [0.1, 0.15) is 16.7 Å². The van der Waals surface area contributed by atoms with Crippen LogP contribution in [0, 0.1) is 0 Å². The second kappa shape index (κ2) is 4.66. The van der Waals surface area contributed by atoms with Gasteiger partial charge in [-0.05, 0) is 35.4 Å². The molecule has 1 amide bonds. The lowest BCUT2D eigenvalue weighted by Crippen LogP contribution is -2.40. The second-order valence-corrected chi connectivity index (χ2v) is 5.77. The van der Waals surface area contributed by atoms with E-state index in [1.807, 2.05) is 25.2 Å². The number of pyridine rings is 1. The zero-order valence-corrected chi connectivity index (χ0v) is 12.3. The lowest BCUT2D eigenvalue weighted by molar-refractivity contribution is -0.123. The Morgan fingerprint density at radius 3 is 2.68 bits per heavy atom. The van der Waals surface area contributed by atoms with Crippen molar-refractivity contribution in [3.63, 3.8) is 0 Å². The number of aliphatic imine (C=N–C) groups is 1. The zero-order valence-electron chi connectivity index (χ0n) is 12.3. The molecule has 1 aromatic heterocycles. The maximum absolute atomic E-state index is 12.5. The molecule has 2 N–H and O–H groups in total. The van der Waals surface area contributed by atoms with Gasteiger partial charge < -0.3 is 10.6 Å². The van der Waals surface area contributed by atoms with Crippen LogP contribution in [0.25, 0.3) is 0 Å². The molecule has 5 nitrogen and oxygen atoms in total. The van der Waals surface area contributed by atoms with E-state index < -0.39 is 5.54 Å². The first kappa shape index (κ1) is 13.0. The van der Waals surface area contributed by atoms with Gasteiger partial charge in [0.2, 0.25) is 0 Å². The molecule has 0 fully saturated rings. The van der Waals surface area contributed by atoms with E-state index >= 15 is 0 Å². The number of nitrogens with one attached hydrogen (secondary N) is 2. The average Bonchev–Trinajstić information content (AvgIpc) is 3.08. The van der Waals surface area contributed by atoms with Crippen molar-refractivity contribution >= 4 is 17.4 Å². The van der Waals surface area contributed by atoms with Crippen LogP contribution in [0.5, 0.6) is 0 Å². The Hall–Kier alpha value is -2.69. The summed E-state index contributed by atoms with van der Waals surface area (Å²) < 4.78 is 0. The van der Waals surface area contributed by atoms with Crippen molar-refractivity contribution in [2.24, 2.45) is 4.99 Å². The van der Waals surface area contributed by atoms with Gasteiger partial charge in [-0.15, -0.1) is 0 Å². The van der Waals surface area contributed by atoms with Crippen LogP contribution in [-0.4, -0.2) is 29.3 Å². The number of benzene rings is 1. The third-order valence-electron chi connectivity index (χ3n) is 4.39. The van der Waals surface area contributed by atoms with Gasteiger partial charge in [0.1, 0.15) is 11.4 Å². The molecule has 1 atom stereocenters. The minimum absolute atomic E-state index is 0.0125. The molecule has 0 saturated carbocycles. The molecule has 2 aliphatic rings. The molecular formula is C17H16N4O. The van der Waals surface area contributed by atoms with Crippen molar-refractivity contribution in [2.45, 2.75) is 18.4 Å². The van der Waals surface area contributed by atoms with E-state index in [9.17, 15) is 4.79 Å². The molecule has 4 rings (SSSR count). The van der Waals surface area contributed by atoms with E-state index in [-0.39, 0.29) is 5.91 Å². The third-order valence-corrected chi connectivity index (χ3v) is 4.39. The number of amides is 1. The number of carbonyl (C=O) groups excluding carboxylic acids is 1. The Labute approximate surface area is 128 Å². The molecule has 0 bridgehead atoms. The van der Waals surface area contributed by atoms with E-state index in [1.54, 1.807) is 12.4 Å². The summed E-state index contributed by atoms with van der Waals surface area (Å²) in [4.78, 5) is 21.3. The predicted molar refractivity (Wildman–Crippen MR) is 85.0 cm³/mol. The summed E-state index contributed by atoms with van der Waals surface area (Å²) in [5.41, 5.74) is 3.67.